The van der Waals surface area contributed by atoms with Crippen LogP contribution < -0.4 is 5.32 Å². The number of hydrogen-bond acceptors (Lipinski definition) is 4. The van der Waals surface area contributed by atoms with Crippen LogP contribution in [-0.4, -0.2) is 40.7 Å². The molecule has 0 saturated carbocycles. The predicted octanol–water partition coefficient (Wildman–Crippen LogP) is 3.51. The van der Waals surface area contributed by atoms with Gasteiger partial charge in [0.05, 0.1) is 6.54 Å². The molecule has 152 valence electrons. The fourth-order valence-electron chi connectivity index (χ4n) is 3.61. The molecule has 0 bridgehead atoms. The van der Waals surface area contributed by atoms with Crippen LogP contribution in [0.25, 0.3) is 0 Å². The molecule has 0 aliphatic carbocycles. The third kappa shape index (κ3) is 4.24. The summed E-state index contributed by atoms with van der Waals surface area (Å²) in [7, 11) is 0. The first-order valence-electron chi connectivity index (χ1n) is 9.62. The fourth-order valence-corrected chi connectivity index (χ4v) is 4.33. The van der Waals surface area contributed by atoms with E-state index in [-0.39, 0.29) is 18.4 Å². The van der Waals surface area contributed by atoms with Gasteiger partial charge in [0, 0.05) is 11.4 Å². The SMILES string of the molecule is C=CCN(Cc1cccs1)C(=O)CN1C(=O)N[C@](CCC)(c2ccccc2)C1=O. The number of rotatable bonds is 9. The molecule has 29 heavy (non-hydrogen) atoms. The molecular weight excluding hydrogens is 386 g/mol. The van der Waals surface area contributed by atoms with Crippen molar-refractivity contribution in [2.24, 2.45) is 0 Å². The van der Waals surface area contributed by atoms with Crippen molar-refractivity contribution in [3.8, 4) is 0 Å². The summed E-state index contributed by atoms with van der Waals surface area (Å²) in [6.45, 7) is 6.15. The Morgan fingerprint density at radius 1 is 1.24 bits per heavy atom. The molecule has 1 N–H and O–H groups in total. The van der Waals surface area contributed by atoms with Crippen LogP contribution in [0.4, 0.5) is 4.79 Å². The van der Waals surface area contributed by atoms with Gasteiger partial charge in [0.15, 0.2) is 0 Å². The van der Waals surface area contributed by atoms with Crippen LogP contribution in [0.5, 0.6) is 0 Å². The van der Waals surface area contributed by atoms with Crippen molar-refractivity contribution in [2.45, 2.75) is 31.8 Å². The number of hydrogen-bond donors (Lipinski definition) is 1. The molecule has 6 nitrogen and oxygen atoms in total. The number of carbonyl (C=O) groups is 3. The molecule has 1 fully saturated rings. The minimum Gasteiger partial charge on any atom is -0.332 e. The third-order valence-corrected chi connectivity index (χ3v) is 5.85. The van der Waals surface area contributed by atoms with Gasteiger partial charge in [-0.25, -0.2) is 4.79 Å². The van der Waals surface area contributed by atoms with Gasteiger partial charge in [-0.15, -0.1) is 17.9 Å². The van der Waals surface area contributed by atoms with Gasteiger partial charge in [-0.05, 0) is 23.4 Å². The number of carbonyl (C=O) groups excluding carboxylic acids is 3. The maximum atomic E-state index is 13.3. The van der Waals surface area contributed by atoms with Gasteiger partial charge in [-0.2, -0.15) is 0 Å². The summed E-state index contributed by atoms with van der Waals surface area (Å²) in [5, 5.41) is 4.80. The van der Waals surface area contributed by atoms with E-state index in [1.54, 1.807) is 22.3 Å². The van der Waals surface area contributed by atoms with E-state index in [9.17, 15) is 14.4 Å². The average molecular weight is 412 g/mol. The maximum Gasteiger partial charge on any atom is 0.325 e. The molecule has 1 saturated heterocycles. The molecule has 1 aromatic carbocycles. The Hall–Kier alpha value is -2.93. The number of nitrogens with zero attached hydrogens (tertiary/aromatic N) is 2. The molecule has 1 aromatic heterocycles. The van der Waals surface area contributed by atoms with Crippen LogP contribution in [0.3, 0.4) is 0 Å². The highest BCUT2D eigenvalue weighted by molar-refractivity contribution is 7.09. The zero-order chi connectivity index (χ0) is 20.9. The van der Waals surface area contributed by atoms with E-state index < -0.39 is 11.6 Å². The second-order valence-electron chi connectivity index (χ2n) is 6.99. The number of amides is 4. The molecule has 2 aromatic rings. The van der Waals surface area contributed by atoms with Gasteiger partial charge in [0.2, 0.25) is 5.91 Å². The normalized spacial score (nSPS) is 18.6. The highest BCUT2D eigenvalue weighted by atomic mass is 32.1. The Bertz CT molecular complexity index is 882. The van der Waals surface area contributed by atoms with Gasteiger partial charge < -0.3 is 10.2 Å². The first-order chi connectivity index (χ1) is 14.0. The van der Waals surface area contributed by atoms with E-state index in [1.807, 2.05) is 54.8 Å². The Labute approximate surface area is 174 Å². The Balaban J connectivity index is 1.81. The van der Waals surface area contributed by atoms with Crippen molar-refractivity contribution in [1.29, 1.82) is 0 Å². The number of urea groups is 1. The smallest absolute Gasteiger partial charge is 0.325 e. The minimum atomic E-state index is -1.12. The zero-order valence-corrected chi connectivity index (χ0v) is 17.3. The Kier molecular flexibility index (Phi) is 6.49. The quantitative estimate of drug-likeness (QED) is 0.507. The highest BCUT2D eigenvalue weighted by Gasteiger charge is 2.52. The topological polar surface area (TPSA) is 69.7 Å². The maximum absolute atomic E-state index is 13.3. The molecule has 0 spiro atoms. The summed E-state index contributed by atoms with van der Waals surface area (Å²) >= 11 is 1.55. The molecule has 1 atom stereocenters. The van der Waals surface area contributed by atoms with Gasteiger partial charge in [-0.1, -0.05) is 55.8 Å². The summed E-state index contributed by atoms with van der Waals surface area (Å²) in [5.41, 5.74) is -0.388. The van der Waals surface area contributed by atoms with Crippen molar-refractivity contribution in [3.63, 3.8) is 0 Å². The summed E-state index contributed by atoms with van der Waals surface area (Å²) in [6, 6.07) is 12.6. The largest absolute Gasteiger partial charge is 0.332 e. The molecule has 3 rings (SSSR count). The van der Waals surface area contributed by atoms with Gasteiger partial charge in [0.25, 0.3) is 5.91 Å². The predicted molar refractivity (Wildman–Crippen MR) is 113 cm³/mol. The summed E-state index contributed by atoms with van der Waals surface area (Å²) in [4.78, 5) is 42.6. The second kappa shape index (κ2) is 9.05. The van der Waals surface area contributed by atoms with Crippen LogP contribution in [0, 0.1) is 0 Å². The lowest BCUT2D eigenvalue weighted by atomic mass is 9.85. The van der Waals surface area contributed by atoms with Crippen LogP contribution in [0.2, 0.25) is 0 Å². The van der Waals surface area contributed by atoms with Crippen LogP contribution in [-0.2, 0) is 21.7 Å². The lowest BCUT2D eigenvalue weighted by Gasteiger charge is -2.27. The van der Waals surface area contributed by atoms with Gasteiger partial charge in [-0.3, -0.25) is 14.5 Å². The highest BCUT2D eigenvalue weighted by Crippen LogP contribution is 2.33. The van der Waals surface area contributed by atoms with E-state index in [0.29, 0.717) is 25.9 Å². The summed E-state index contributed by atoms with van der Waals surface area (Å²) in [6.07, 6.45) is 2.82. The van der Waals surface area contributed by atoms with Crippen LogP contribution >= 0.6 is 11.3 Å². The number of thiophene rings is 1. The molecule has 2 heterocycles. The first kappa shape index (κ1) is 20.8. The van der Waals surface area contributed by atoms with Crippen molar-refractivity contribution >= 4 is 29.2 Å². The van der Waals surface area contributed by atoms with Crippen molar-refractivity contribution < 1.29 is 14.4 Å². The Morgan fingerprint density at radius 3 is 2.62 bits per heavy atom. The van der Waals surface area contributed by atoms with E-state index in [2.05, 4.69) is 11.9 Å². The van der Waals surface area contributed by atoms with E-state index in [4.69, 9.17) is 0 Å². The molecule has 0 unspecified atom stereocenters. The zero-order valence-electron chi connectivity index (χ0n) is 16.5. The van der Waals surface area contributed by atoms with Crippen LogP contribution in [0.15, 0.2) is 60.5 Å². The lowest BCUT2D eigenvalue weighted by molar-refractivity contribution is -0.139. The van der Waals surface area contributed by atoms with Crippen LogP contribution in [0.1, 0.15) is 30.2 Å². The monoisotopic (exact) mass is 411 g/mol. The van der Waals surface area contributed by atoms with E-state index in [1.165, 1.54) is 0 Å². The van der Waals surface area contributed by atoms with Crippen molar-refractivity contribution in [3.05, 3.63) is 70.9 Å². The Morgan fingerprint density at radius 2 is 2.00 bits per heavy atom. The van der Waals surface area contributed by atoms with E-state index >= 15 is 0 Å². The summed E-state index contributed by atoms with van der Waals surface area (Å²) in [5.74, 6) is -0.666. The van der Waals surface area contributed by atoms with Crippen molar-refractivity contribution in [2.75, 3.05) is 13.1 Å². The standard InChI is InChI=1S/C22H25N3O3S/c1-3-12-22(17-9-6-5-7-10-17)20(27)25(21(28)23-22)16-19(26)24(13-4-2)15-18-11-8-14-29-18/h4-11,14H,2-3,12-13,15-16H2,1H3,(H,23,28)/t22-/m1/s1. The van der Waals surface area contributed by atoms with E-state index in [0.717, 1.165) is 15.3 Å². The third-order valence-electron chi connectivity index (χ3n) is 4.99. The van der Waals surface area contributed by atoms with Gasteiger partial charge in [0.1, 0.15) is 12.1 Å². The van der Waals surface area contributed by atoms with Crippen molar-refractivity contribution in [1.82, 2.24) is 15.1 Å². The molecule has 7 heteroatoms. The summed E-state index contributed by atoms with van der Waals surface area (Å²) < 4.78 is 0. The molecule has 0 radical (unpaired) electrons. The first-order valence-corrected chi connectivity index (χ1v) is 10.5. The lowest BCUT2D eigenvalue weighted by Crippen LogP contribution is -2.45. The molecule has 1 aliphatic rings. The average Bonchev–Trinajstić information content (AvgIpc) is 3.31. The molecule has 4 amide bonds. The molecule has 1 aliphatic heterocycles. The van der Waals surface area contributed by atoms with Gasteiger partial charge >= 0.3 is 6.03 Å². The number of imide groups is 1. The fraction of sp³-hybridized carbons (Fsp3) is 0.318. The second-order valence-corrected chi connectivity index (χ2v) is 8.02. The minimum absolute atomic E-state index is 0.290. The number of nitrogens with one attached hydrogen (secondary N) is 1. The number of benzene rings is 1. The molecular formula is C22H25N3O3S.